The minimum atomic E-state index is -0.682. The summed E-state index contributed by atoms with van der Waals surface area (Å²) in [5.74, 6) is 0.458. The highest BCUT2D eigenvalue weighted by Gasteiger charge is 2.15. The molecule has 5 nitrogen and oxygen atoms in total. The summed E-state index contributed by atoms with van der Waals surface area (Å²) in [7, 11) is 0. The van der Waals surface area contributed by atoms with Gasteiger partial charge in [-0.15, -0.1) is 0 Å². The molecule has 2 aromatic heterocycles. The van der Waals surface area contributed by atoms with E-state index in [1.165, 1.54) is 0 Å². The highest BCUT2D eigenvalue weighted by molar-refractivity contribution is 5.12. The predicted molar refractivity (Wildman–Crippen MR) is 68.0 cm³/mol. The number of aromatic nitrogens is 4. The molecule has 2 rings (SSSR count). The van der Waals surface area contributed by atoms with Gasteiger partial charge >= 0.3 is 0 Å². The molecule has 0 saturated heterocycles. The van der Waals surface area contributed by atoms with Gasteiger partial charge in [0.05, 0.1) is 5.69 Å². The Bertz CT molecular complexity index is 495. The van der Waals surface area contributed by atoms with E-state index in [9.17, 15) is 5.11 Å². The van der Waals surface area contributed by atoms with Crippen LogP contribution in [0.4, 0.5) is 0 Å². The third-order valence-corrected chi connectivity index (χ3v) is 2.86. The maximum absolute atomic E-state index is 10.1. The third-order valence-electron chi connectivity index (χ3n) is 2.86. The van der Waals surface area contributed by atoms with Gasteiger partial charge < -0.3 is 5.11 Å². The zero-order valence-corrected chi connectivity index (χ0v) is 10.7. The summed E-state index contributed by atoms with van der Waals surface area (Å²) >= 11 is 0. The van der Waals surface area contributed by atoms with Crippen LogP contribution in [-0.2, 0) is 19.4 Å². The van der Waals surface area contributed by atoms with Crippen molar-refractivity contribution in [3.05, 3.63) is 41.7 Å². The molecule has 0 radical (unpaired) electrons. The molecule has 0 aliphatic rings. The largest absolute Gasteiger partial charge is 0.385 e. The van der Waals surface area contributed by atoms with Crippen LogP contribution in [0, 0.1) is 0 Å². The number of aliphatic hydroxyl groups excluding tert-OH is 1. The average Bonchev–Trinajstić information content (AvgIpc) is 2.82. The van der Waals surface area contributed by atoms with Crippen molar-refractivity contribution in [2.75, 3.05) is 0 Å². The highest BCUT2D eigenvalue weighted by Crippen LogP contribution is 2.15. The van der Waals surface area contributed by atoms with Crippen LogP contribution in [0.1, 0.15) is 37.2 Å². The van der Waals surface area contributed by atoms with E-state index in [-0.39, 0.29) is 0 Å². The number of hydrogen-bond donors (Lipinski definition) is 1. The number of aliphatic hydroxyl groups is 1. The topological polar surface area (TPSA) is 63.8 Å². The molecule has 18 heavy (non-hydrogen) atoms. The van der Waals surface area contributed by atoms with E-state index in [2.05, 4.69) is 22.0 Å². The summed E-state index contributed by atoms with van der Waals surface area (Å²) in [6, 6.07) is 3.78. The van der Waals surface area contributed by atoms with Gasteiger partial charge in [0.15, 0.2) is 5.82 Å². The molecule has 0 aliphatic heterocycles. The van der Waals surface area contributed by atoms with E-state index in [0.29, 0.717) is 12.2 Å². The molecule has 0 aliphatic carbocycles. The summed E-state index contributed by atoms with van der Waals surface area (Å²) in [4.78, 5) is 8.13. The Labute approximate surface area is 107 Å². The zero-order chi connectivity index (χ0) is 13.0. The Morgan fingerprint density at radius 2 is 2.00 bits per heavy atom. The molecule has 0 bridgehead atoms. The van der Waals surface area contributed by atoms with Gasteiger partial charge in [-0.25, -0.2) is 9.97 Å². The second-order valence-corrected chi connectivity index (χ2v) is 4.12. The lowest BCUT2D eigenvalue weighted by Gasteiger charge is -2.09. The van der Waals surface area contributed by atoms with E-state index < -0.39 is 6.10 Å². The monoisotopic (exact) mass is 246 g/mol. The van der Waals surface area contributed by atoms with Crippen molar-refractivity contribution in [3.63, 3.8) is 0 Å². The zero-order valence-electron chi connectivity index (χ0n) is 10.7. The number of rotatable bonds is 5. The smallest absolute Gasteiger partial charge is 0.157 e. The van der Waals surface area contributed by atoms with Crippen molar-refractivity contribution in [3.8, 4) is 0 Å². The van der Waals surface area contributed by atoms with E-state index in [0.717, 1.165) is 24.4 Å². The van der Waals surface area contributed by atoms with Gasteiger partial charge in [0.1, 0.15) is 6.10 Å². The van der Waals surface area contributed by atoms with Crippen molar-refractivity contribution in [1.29, 1.82) is 0 Å². The van der Waals surface area contributed by atoms with Crippen LogP contribution in [0.25, 0.3) is 0 Å². The van der Waals surface area contributed by atoms with E-state index >= 15 is 0 Å². The van der Waals surface area contributed by atoms with Crippen LogP contribution in [-0.4, -0.2) is 24.9 Å². The fourth-order valence-corrected chi connectivity index (χ4v) is 1.90. The van der Waals surface area contributed by atoms with E-state index in [1.54, 1.807) is 18.5 Å². The van der Waals surface area contributed by atoms with Crippen LogP contribution in [0.3, 0.4) is 0 Å². The Hall–Kier alpha value is -1.75. The molecule has 0 amide bonds. The first-order valence-electron chi connectivity index (χ1n) is 6.25. The van der Waals surface area contributed by atoms with Crippen LogP contribution in [0.5, 0.6) is 0 Å². The quantitative estimate of drug-likeness (QED) is 0.869. The molecule has 2 aromatic rings. The van der Waals surface area contributed by atoms with Crippen molar-refractivity contribution >= 4 is 0 Å². The summed E-state index contributed by atoms with van der Waals surface area (Å²) in [6.07, 6.45) is 3.99. The summed E-state index contributed by atoms with van der Waals surface area (Å²) in [6.45, 7) is 4.92. The standard InChI is InChI=1S/C13H18N4O/c1-3-10-8-11(17(4-2)16-10)9-12(18)13-14-6-5-7-15-13/h5-8,12,18H,3-4,9H2,1-2H3. The summed E-state index contributed by atoms with van der Waals surface area (Å²) in [5, 5.41) is 14.6. The van der Waals surface area contributed by atoms with Gasteiger partial charge in [0.2, 0.25) is 0 Å². The van der Waals surface area contributed by atoms with E-state index in [1.807, 2.05) is 17.7 Å². The maximum atomic E-state index is 10.1. The first-order chi connectivity index (χ1) is 8.74. The van der Waals surface area contributed by atoms with Gasteiger partial charge in [0.25, 0.3) is 0 Å². The Balaban J connectivity index is 2.16. The summed E-state index contributed by atoms with van der Waals surface area (Å²) in [5.41, 5.74) is 2.07. The van der Waals surface area contributed by atoms with Crippen LogP contribution >= 0.6 is 0 Å². The number of hydrogen-bond acceptors (Lipinski definition) is 4. The number of aryl methyl sites for hydroxylation is 2. The normalized spacial score (nSPS) is 12.6. The lowest BCUT2D eigenvalue weighted by Crippen LogP contribution is -2.10. The van der Waals surface area contributed by atoms with Gasteiger partial charge in [0, 0.05) is 31.1 Å². The molecule has 0 spiro atoms. The molecule has 1 N–H and O–H groups in total. The minimum Gasteiger partial charge on any atom is -0.385 e. The van der Waals surface area contributed by atoms with Crippen LogP contribution in [0.15, 0.2) is 24.5 Å². The fraction of sp³-hybridized carbons (Fsp3) is 0.462. The molecule has 5 heteroatoms. The summed E-state index contributed by atoms with van der Waals surface area (Å²) < 4.78 is 1.92. The molecular weight excluding hydrogens is 228 g/mol. The lowest BCUT2D eigenvalue weighted by molar-refractivity contribution is 0.165. The highest BCUT2D eigenvalue weighted by atomic mass is 16.3. The van der Waals surface area contributed by atoms with Gasteiger partial charge in [-0.2, -0.15) is 5.10 Å². The van der Waals surface area contributed by atoms with Crippen LogP contribution < -0.4 is 0 Å². The molecule has 96 valence electrons. The lowest BCUT2D eigenvalue weighted by atomic mass is 10.1. The SMILES string of the molecule is CCc1cc(CC(O)c2ncccn2)n(CC)n1. The van der Waals surface area contributed by atoms with Gasteiger partial charge in [-0.1, -0.05) is 6.92 Å². The fourth-order valence-electron chi connectivity index (χ4n) is 1.90. The van der Waals surface area contributed by atoms with Gasteiger partial charge in [-0.05, 0) is 25.5 Å². The molecule has 2 heterocycles. The predicted octanol–water partition coefficient (Wildman–Crippen LogP) is 1.53. The third kappa shape index (κ3) is 2.73. The van der Waals surface area contributed by atoms with Crippen molar-refractivity contribution in [2.45, 2.75) is 39.3 Å². The van der Waals surface area contributed by atoms with Crippen molar-refractivity contribution < 1.29 is 5.11 Å². The van der Waals surface area contributed by atoms with Gasteiger partial charge in [-0.3, -0.25) is 4.68 Å². The number of nitrogens with zero attached hydrogens (tertiary/aromatic N) is 4. The van der Waals surface area contributed by atoms with Crippen molar-refractivity contribution in [1.82, 2.24) is 19.7 Å². The second kappa shape index (κ2) is 5.73. The second-order valence-electron chi connectivity index (χ2n) is 4.12. The molecule has 0 saturated carbocycles. The molecule has 1 unspecified atom stereocenters. The molecule has 1 atom stereocenters. The first kappa shape index (κ1) is 12.7. The Kier molecular flexibility index (Phi) is 4.04. The van der Waals surface area contributed by atoms with Crippen LogP contribution in [0.2, 0.25) is 0 Å². The molecule has 0 aromatic carbocycles. The Morgan fingerprint density at radius 1 is 1.28 bits per heavy atom. The minimum absolute atomic E-state index is 0.458. The van der Waals surface area contributed by atoms with Crippen molar-refractivity contribution in [2.24, 2.45) is 0 Å². The first-order valence-corrected chi connectivity index (χ1v) is 6.25. The van der Waals surface area contributed by atoms with E-state index in [4.69, 9.17) is 0 Å². The maximum Gasteiger partial charge on any atom is 0.157 e. The molecular formula is C13H18N4O. The Morgan fingerprint density at radius 3 is 2.61 bits per heavy atom. The average molecular weight is 246 g/mol. The molecule has 0 fully saturated rings.